The molecule has 1 heterocycles. The van der Waals surface area contributed by atoms with Gasteiger partial charge in [-0.2, -0.15) is 0 Å². The van der Waals surface area contributed by atoms with Gasteiger partial charge in [-0.1, -0.05) is 35.2 Å². The molecule has 0 aromatic rings. The molecule has 2 aliphatic rings. The average molecular weight is 274 g/mol. The van der Waals surface area contributed by atoms with Gasteiger partial charge in [0.25, 0.3) is 0 Å². The first-order valence-electron chi connectivity index (χ1n) is 6.18. The van der Waals surface area contributed by atoms with Crippen molar-refractivity contribution in [2.24, 2.45) is 5.92 Å². The van der Waals surface area contributed by atoms with Gasteiger partial charge in [0.15, 0.2) is 0 Å². The molecule has 2 nitrogen and oxygen atoms in total. The van der Waals surface area contributed by atoms with E-state index in [2.05, 4.69) is 20.8 Å². The van der Waals surface area contributed by atoms with E-state index in [-0.39, 0.29) is 0 Å². The molecule has 0 spiro atoms. The molecule has 0 aromatic heterocycles. The van der Waals surface area contributed by atoms with E-state index in [0.717, 1.165) is 12.5 Å². The topological polar surface area (TPSA) is 20.3 Å². The van der Waals surface area contributed by atoms with E-state index < -0.39 is 0 Å². The smallest absolute Gasteiger partial charge is 0.233 e. The minimum atomic E-state index is 0.295. The summed E-state index contributed by atoms with van der Waals surface area (Å²) < 4.78 is 0. The number of halogens is 1. The van der Waals surface area contributed by atoms with Gasteiger partial charge in [0.05, 0.1) is 5.33 Å². The fourth-order valence-corrected chi connectivity index (χ4v) is 3.51. The highest BCUT2D eigenvalue weighted by atomic mass is 79.9. The van der Waals surface area contributed by atoms with Gasteiger partial charge >= 0.3 is 0 Å². The molecule has 0 bridgehead atoms. The third kappa shape index (κ3) is 2.55. The maximum atomic E-state index is 11.7. The van der Waals surface area contributed by atoms with Crippen LogP contribution in [0.5, 0.6) is 0 Å². The van der Waals surface area contributed by atoms with Crippen LogP contribution >= 0.6 is 15.9 Å². The van der Waals surface area contributed by atoms with Gasteiger partial charge in [0.2, 0.25) is 5.91 Å². The first kappa shape index (κ1) is 11.4. The number of hydrogen-bond donors (Lipinski definition) is 0. The van der Waals surface area contributed by atoms with E-state index in [0.29, 0.717) is 17.3 Å². The number of carbonyl (C=O) groups is 1. The van der Waals surface area contributed by atoms with Crippen LogP contribution in [0, 0.1) is 5.92 Å². The van der Waals surface area contributed by atoms with Gasteiger partial charge in [-0.05, 0) is 31.6 Å². The zero-order valence-electron chi connectivity index (χ0n) is 9.25. The van der Waals surface area contributed by atoms with Crippen LogP contribution in [0.4, 0.5) is 0 Å². The largest absolute Gasteiger partial charge is 0.339 e. The van der Waals surface area contributed by atoms with E-state index in [1.807, 2.05) is 0 Å². The summed E-state index contributed by atoms with van der Waals surface area (Å²) in [4.78, 5) is 13.9. The Morgan fingerprint density at radius 3 is 2.53 bits per heavy atom. The number of alkyl halides is 1. The molecule has 1 atom stereocenters. The quantitative estimate of drug-likeness (QED) is 0.709. The number of carbonyl (C=O) groups excluding carboxylic acids is 1. The molecule has 1 amide bonds. The molecule has 1 saturated carbocycles. The number of nitrogens with zero attached hydrogens (tertiary/aromatic N) is 1. The van der Waals surface area contributed by atoms with Crippen molar-refractivity contribution >= 4 is 21.8 Å². The molecule has 15 heavy (non-hydrogen) atoms. The lowest BCUT2D eigenvalue weighted by atomic mass is 9.83. The molecule has 1 aliphatic heterocycles. The number of hydrogen-bond acceptors (Lipinski definition) is 1. The minimum absolute atomic E-state index is 0.295. The van der Waals surface area contributed by atoms with Crippen molar-refractivity contribution in [1.29, 1.82) is 0 Å². The van der Waals surface area contributed by atoms with Gasteiger partial charge in [-0.15, -0.1) is 0 Å². The van der Waals surface area contributed by atoms with E-state index in [1.54, 1.807) is 0 Å². The summed E-state index contributed by atoms with van der Waals surface area (Å²) >= 11 is 3.29. The zero-order valence-corrected chi connectivity index (χ0v) is 10.8. The maximum absolute atomic E-state index is 11.7. The Labute approximate surface area is 101 Å². The Morgan fingerprint density at radius 2 is 1.87 bits per heavy atom. The van der Waals surface area contributed by atoms with Gasteiger partial charge in [0.1, 0.15) is 0 Å². The van der Waals surface area contributed by atoms with E-state index >= 15 is 0 Å². The van der Waals surface area contributed by atoms with Crippen LogP contribution in [0.1, 0.15) is 44.9 Å². The molecule has 1 saturated heterocycles. The van der Waals surface area contributed by atoms with Gasteiger partial charge in [-0.25, -0.2) is 0 Å². The van der Waals surface area contributed by atoms with Crippen LogP contribution in [0.2, 0.25) is 0 Å². The second kappa shape index (κ2) is 5.33. The van der Waals surface area contributed by atoms with Crippen LogP contribution in [-0.2, 0) is 4.79 Å². The predicted octanol–water partition coefficient (Wildman–Crippen LogP) is 2.95. The molecule has 2 rings (SSSR count). The minimum Gasteiger partial charge on any atom is -0.339 e. The lowest BCUT2D eigenvalue weighted by molar-refractivity contribution is -0.130. The lowest BCUT2D eigenvalue weighted by Crippen LogP contribution is -2.41. The molecule has 1 unspecified atom stereocenters. The van der Waals surface area contributed by atoms with Crippen molar-refractivity contribution in [3.8, 4) is 0 Å². The normalized spacial score (nSPS) is 28.3. The summed E-state index contributed by atoms with van der Waals surface area (Å²) in [5.41, 5.74) is 0. The summed E-state index contributed by atoms with van der Waals surface area (Å²) in [7, 11) is 0. The molecular formula is C12H20BrNO. The average Bonchev–Trinajstić information content (AvgIpc) is 2.78. The van der Waals surface area contributed by atoms with Crippen molar-refractivity contribution in [2.75, 3.05) is 11.9 Å². The highest BCUT2D eigenvalue weighted by molar-refractivity contribution is 9.09. The van der Waals surface area contributed by atoms with Crippen molar-refractivity contribution < 1.29 is 4.79 Å². The SMILES string of the molecule is O=C(CBr)N1CCCC1C1CCCCC1. The van der Waals surface area contributed by atoms with Crippen molar-refractivity contribution in [3.63, 3.8) is 0 Å². The fourth-order valence-electron chi connectivity index (χ4n) is 3.19. The Bertz CT molecular complexity index is 226. The second-order valence-electron chi connectivity index (χ2n) is 4.83. The molecular weight excluding hydrogens is 254 g/mol. The van der Waals surface area contributed by atoms with Crippen LogP contribution in [0.3, 0.4) is 0 Å². The maximum Gasteiger partial charge on any atom is 0.233 e. The summed E-state index contributed by atoms with van der Waals surface area (Å²) in [5, 5.41) is 0.496. The van der Waals surface area contributed by atoms with Gasteiger partial charge < -0.3 is 4.90 Å². The van der Waals surface area contributed by atoms with E-state index in [9.17, 15) is 4.79 Å². The second-order valence-corrected chi connectivity index (χ2v) is 5.39. The Hall–Kier alpha value is -0.0500. The predicted molar refractivity (Wildman–Crippen MR) is 65.1 cm³/mol. The summed E-state index contributed by atoms with van der Waals surface area (Å²) in [6, 6.07) is 0.565. The Kier molecular flexibility index (Phi) is 4.06. The van der Waals surface area contributed by atoms with Crippen LogP contribution in [-0.4, -0.2) is 28.7 Å². The Morgan fingerprint density at radius 1 is 1.13 bits per heavy atom. The third-order valence-electron chi connectivity index (χ3n) is 3.93. The number of rotatable bonds is 2. The van der Waals surface area contributed by atoms with Crippen LogP contribution in [0.25, 0.3) is 0 Å². The number of amides is 1. The first-order valence-corrected chi connectivity index (χ1v) is 7.30. The molecule has 0 aromatic carbocycles. The summed E-state index contributed by atoms with van der Waals surface area (Å²) in [6.45, 7) is 0.992. The number of likely N-dealkylation sites (tertiary alicyclic amines) is 1. The molecule has 3 heteroatoms. The lowest BCUT2D eigenvalue weighted by Gasteiger charge is -2.33. The monoisotopic (exact) mass is 273 g/mol. The highest BCUT2D eigenvalue weighted by Gasteiger charge is 2.34. The van der Waals surface area contributed by atoms with Crippen molar-refractivity contribution in [3.05, 3.63) is 0 Å². The van der Waals surface area contributed by atoms with Gasteiger partial charge in [-0.3, -0.25) is 4.79 Å². The van der Waals surface area contributed by atoms with Crippen molar-refractivity contribution in [2.45, 2.75) is 51.0 Å². The highest BCUT2D eigenvalue weighted by Crippen LogP contribution is 2.34. The standard InChI is InChI=1S/C12H20BrNO/c13-9-12(15)14-8-4-7-11(14)10-5-2-1-3-6-10/h10-11H,1-9H2. The zero-order chi connectivity index (χ0) is 10.7. The Balaban J connectivity index is 1.97. The molecule has 2 fully saturated rings. The summed E-state index contributed by atoms with van der Waals surface area (Å²) in [6.07, 6.45) is 9.28. The van der Waals surface area contributed by atoms with E-state index in [4.69, 9.17) is 0 Å². The van der Waals surface area contributed by atoms with Crippen LogP contribution in [0.15, 0.2) is 0 Å². The van der Waals surface area contributed by atoms with Crippen molar-refractivity contribution in [1.82, 2.24) is 4.90 Å². The molecule has 1 aliphatic carbocycles. The summed E-state index contributed by atoms with van der Waals surface area (Å²) in [5.74, 6) is 1.09. The molecule has 0 N–H and O–H groups in total. The fraction of sp³-hybridized carbons (Fsp3) is 0.917. The molecule has 86 valence electrons. The first-order chi connectivity index (χ1) is 7.33. The van der Waals surface area contributed by atoms with Gasteiger partial charge in [0, 0.05) is 12.6 Å². The van der Waals surface area contributed by atoms with Crippen LogP contribution < -0.4 is 0 Å². The third-order valence-corrected chi connectivity index (χ3v) is 4.41. The molecule has 0 radical (unpaired) electrons. The van der Waals surface area contributed by atoms with E-state index in [1.165, 1.54) is 44.9 Å².